The number of hydrogen-bond donors (Lipinski definition) is 2. The van der Waals surface area contributed by atoms with Crippen LogP contribution in [-0.4, -0.2) is 79.0 Å². The normalized spacial score (nSPS) is 24.6. The van der Waals surface area contributed by atoms with Crippen LogP contribution in [0.1, 0.15) is 5.56 Å². The fourth-order valence-corrected chi connectivity index (χ4v) is 3.03. The molecule has 8 nitrogen and oxygen atoms in total. The van der Waals surface area contributed by atoms with E-state index in [9.17, 15) is 9.59 Å². The summed E-state index contributed by atoms with van der Waals surface area (Å²) in [5.41, 5.74) is 1.08. The number of benzene rings is 1. The molecule has 2 unspecified atom stereocenters. The number of amides is 3. The highest BCUT2D eigenvalue weighted by Gasteiger charge is 2.49. The van der Waals surface area contributed by atoms with Crippen LogP contribution in [0.25, 0.3) is 0 Å². The fourth-order valence-electron chi connectivity index (χ4n) is 3.03. The van der Waals surface area contributed by atoms with Gasteiger partial charge in [0.1, 0.15) is 6.17 Å². The molecular formula is C17H24N6O2. The molecule has 2 N–H and O–H groups in total. The van der Waals surface area contributed by atoms with Crippen molar-refractivity contribution in [3.05, 3.63) is 35.9 Å². The van der Waals surface area contributed by atoms with Crippen molar-refractivity contribution in [2.24, 2.45) is 4.99 Å². The maximum absolute atomic E-state index is 12.5. The molecule has 2 aliphatic heterocycles. The van der Waals surface area contributed by atoms with Gasteiger partial charge >= 0.3 is 6.03 Å². The number of aliphatic imine (C=N–C) groups is 1. The average Bonchev–Trinajstić information content (AvgIpc) is 2.92. The predicted molar refractivity (Wildman–Crippen MR) is 94.9 cm³/mol. The molecule has 1 aromatic rings. The van der Waals surface area contributed by atoms with Gasteiger partial charge in [-0.3, -0.25) is 15.1 Å². The van der Waals surface area contributed by atoms with Gasteiger partial charge in [-0.25, -0.2) is 4.79 Å². The maximum Gasteiger partial charge on any atom is 0.325 e. The summed E-state index contributed by atoms with van der Waals surface area (Å²) in [6.45, 7) is 1.96. The number of likely N-dealkylation sites (N-methyl/N-ethyl adjacent to an activating group) is 2. The average molecular weight is 344 g/mol. The minimum atomic E-state index is -0.499. The first-order chi connectivity index (χ1) is 12.0. The molecule has 0 spiro atoms. The molecule has 1 aromatic carbocycles. The first kappa shape index (κ1) is 17.2. The zero-order chi connectivity index (χ0) is 18.0. The van der Waals surface area contributed by atoms with Gasteiger partial charge in [-0.2, -0.15) is 0 Å². The number of guanidine groups is 1. The van der Waals surface area contributed by atoms with Crippen molar-refractivity contribution in [3.8, 4) is 0 Å². The van der Waals surface area contributed by atoms with Gasteiger partial charge in [-0.05, 0) is 19.7 Å². The second-order valence-electron chi connectivity index (χ2n) is 6.56. The minimum absolute atomic E-state index is 0.297. The zero-order valence-corrected chi connectivity index (χ0v) is 14.8. The summed E-state index contributed by atoms with van der Waals surface area (Å²) in [5, 5.41) is 5.66. The first-order valence-corrected chi connectivity index (χ1v) is 8.31. The molecule has 2 saturated heterocycles. The first-order valence-electron chi connectivity index (χ1n) is 8.31. The maximum atomic E-state index is 12.5. The predicted octanol–water partition coefficient (Wildman–Crippen LogP) is -0.114. The van der Waals surface area contributed by atoms with Crippen LogP contribution >= 0.6 is 0 Å². The number of imide groups is 1. The Morgan fingerprint density at radius 3 is 2.60 bits per heavy atom. The van der Waals surface area contributed by atoms with Gasteiger partial charge in [0.05, 0.1) is 6.54 Å². The number of hydrogen-bond acceptors (Lipinski definition) is 4. The molecule has 2 atom stereocenters. The van der Waals surface area contributed by atoms with Crippen LogP contribution in [0.5, 0.6) is 0 Å². The van der Waals surface area contributed by atoms with Crippen molar-refractivity contribution >= 4 is 17.9 Å². The summed E-state index contributed by atoms with van der Waals surface area (Å²) in [6, 6.07) is 9.03. The van der Waals surface area contributed by atoms with Gasteiger partial charge in [0.15, 0.2) is 12.0 Å². The Labute approximate surface area is 147 Å². The van der Waals surface area contributed by atoms with Crippen molar-refractivity contribution in [2.75, 3.05) is 34.2 Å². The van der Waals surface area contributed by atoms with E-state index in [1.807, 2.05) is 49.3 Å². The Morgan fingerprint density at radius 1 is 1.20 bits per heavy atom. The van der Waals surface area contributed by atoms with Gasteiger partial charge in [0.25, 0.3) is 5.91 Å². The summed E-state index contributed by atoms with van der Waals surface area (Å²) < 4.78 is 0. The van der Waals surface area contributed by atoms with E-state index in [0.29, 0.717) is 19.0 Å². The van der Waals surface area contributed by atoms with Crippen LogP contribution in [0.2, 0.25) is 0 Å². The van der Waals surface area contributed by atoms with Crippen LogP contribution in [-0.2, 0) is 11.3 Å². The highest BCUT2D eigenvalue weighted by atomic mass is 16.2. The lowest BCUT2D eigenvalue weighted by Gasteiger charge is -2.35. The van der Waals surface area contributed by atoms with Gasteiger partial charge in [0.2, 0.25) is 0 Å². The largest absolute Gasteiger partial charge is 0.333 e. The van der Waals surface area contributed by atoms with Crippen molar-refractivity contribution in [1.82, 2.24) is 25.3 Å². The van der Waals surface area contributed by atoms with E-state index in [1.165, 1.54) is 4.90 Å². The topological polar surface area (TPSA) is 80.3 Å². The standard InChI is InChI=1S/C17H24N6O2/c1-21(2)10-9-18-16-19-14-13(15(24)20-17(25)22(14)3)23(16)11-12-7-5-4-6-8-12/h4-8,13-14H,9-11H2,1-3H3,(H,18,19)(H,20,24,25). The molecule has 25 heavy (non-hydrogen) atoms. The van der Waals surface area contributed by atoms with E-state index in [-0.39, 0.29) is 5.91 Å². The van der Waals surface area contributed by atoms with Gasteiger partial charge in [-0.15, -0.1) is 0 Å². The number of nitrogens with one attached hydrogen (secondary N) is 2. The van der Waals surface area contributed by atoms with Crippen molar-refractivity contribution in [2.45, 2.75) is 18.8 Å². The monoisotopic (exact) mass is 344 g/mol. The third-order valence-corrected chi connectivity index (χ3v) is 4.42. The molecule has 0 aromatic heterocycles. The smallest absolute Gasteiger partial charge is 0.325 e. The van der Waals surface area contributed by atoms with Crippen LogP contribution in [0.15, 0.2) is 35.3 Å². The van der Waals surface area contributed by atoms with E-state index < -0.39 is 18.2 Å². The van der Waals surface area contributed by atoms with E-state index in [0.717, 1.165) is 12.1 Å². The lowest BCUT2D eigenvalue weighted by molar-refractivity contribution is -0.127. The molecule has 3 rings (SSSR count). The summed E-state index contributed by atoms with van der Waals surface area (Å²) in [6.07, 6.45) is -0.414. The van der Waals surface area contributed by atoms with Crippen LogP contribution in [0.3, 0.4) is 0 Å². The summed E-state index contributed by atoms with van der Waals surface area (Å²) in [7, 11) is 5.66. The third kappa shape index (κ3) is 3.58. The molecule has 0 bridgehead atoms. The lowest BCUT2D eigenvalue weighted by Crippen LogP contribution is -2.64. The van der Waals surface area contributed by atoms with Crippen molar-refractivity contribution in [3.63, 3.8) is 0 Å². The Kier molecular flexibility index (Phi) is 4.89. The SMILES string of the molecule is CN(C)CCN=C1NC2C(C(=O)NC(=O)N2C)N1Cc1ccccc1. The van der Waals surface area contributed by atoms with Gasteiger partial charge in [0, 0.05) is 20.1 Å². The highest BCUT2D eigenvalue weighted by molar-refractivity contribution is 6.04. The van der Waals surface area contributed by atoms with E-state index in [2.05, 4.69) is 20.5 Å². The number of fused-ring (bicyclic) bond motifs is 1. The van der Waals surface area contributed by atoms with Gasteiger partial charge < -0.3 is 20.0 Å². The van der Waals surface area contributed by atoms with Crippen LogP contribution in [0, 0.1) is 0 Å². The number of nitrogens with zero attached hydrogens (tertiary/aromatic N) is 4. The molecular weight excluding hydrogens is 320 g/mol. The number of rotatable bonds is 5. The summed E-state index contributed by atoms with van der Waals surface area (Å²) in [4.78, 5) is 34.5. The van der Waals surface area contributed by atoms with Gasteiger partial charge in [-0.1, -0.05) is 30.3 Å². The Balaban J connectivity index is 1.87. The fraction of sp³-hybridized carbons (Fsp3) is 0.471. The summed E-state index contributed by atoms with van der Waals surface area (Å²) in [5.74, 6) is 0.353. The van der Waals surface area contributed by atoms with Crippen molar-refractivity contribution in [1.29, 1.82) is 0 Å². The van der Waals surface area contributed by atoms with E-state index in [4.69, 9.17) is 0 Å². The Bertz CT molecular complexity index is 675. The van der Waals surface area contributed by atoms with Crippen LogP contribution in [0.4, 0.5) is 4.79 Å². The van der Waals surface area contributed by atoms with Crippen molar-refractivity contribution < 1.29 is 9.59 Å². The number of urea groups is 1. The molecule has 0 saturated carbocycles. The number of carbonyl (C=O) groups excluding carboxylic acids is 2. The molecule has 2 heterocycles. The summed E-state index contributed by atoms with van der Waals surface area (Å²) >= 11 is 0. The molecule has 3 amide bonds. The van der Waals surface area contributed by atoms with Crippen LogP contribution < -0.4 is 10.6 Å². The van der Waals surface area contributed by atoms with E-state index >= 15 is 0 Å². The Morgan fingerprint density at radius 2 is 1.92 bits per heavy atom. The Hall–Kier alpha value is -2.61. The highest BCUT2D eigenvalue weighted by Crippen LogP contribution is 2.22. The lowest BCUT2D eigenvalue weighted by atomic mass is 10.1. The third-order valence-electron chi connectivity index (χ3n) is 4.42. The molecule has 134 valence electrons. The second kappa shape index (κ2) is 7.10. The molecule has 0 aliphatic carbocycles. The minimum Gasteiger partial charge on any atom is -0.333 e. The molecule has 2 fully saturated rings. The number of carbonyl (C=O) groups is 2. The quantitative estimate of drug-likeness (QED) is 0.779. The molecule has 8 heteroatoms. The molecule has 0 radical (unpaired) electrons. The molecule has 2 aliphatic rings. The second-order valence-corrected chi connectivity index (χ2v) is 6.56. The van der Waals surface area contributed by atoms with E-state index in [1.54, 1.807) is 7.05 Å². The zero-order valence-electron chi connectivity index (χ0n) is 14.8.